The van der Waals surface area contributed by atoms with E-state index >= 15 is 0 Å². The monoisotopic (exact) mass is 335 g/mol. The summed E-state index contributed by atoms with van der Waals surface area (Å²) in [5.74, 6) is -3.62. The van der Waals surface area contributed by atoms with Gasteiger partial charge in [-0.05, 0) is 24.6 Å². The number of carbonyl (C=O) groups excluding carboxylic acids is 1. The van der Waals surface area contributed by atoms with Crippen LogP contribution >= 0.6 is 11.8 Å². The number of aryl methyl sites for hydroxylation is 1. The van der Waals surface area contributed by atoms with Crippen LogP contribution in [-0.2, 0) is 4.79 Å². The van der Waals surface area contributed by atoms with Crippen molar-refractivity contribution >= 4 is 23.4 Å². The average molecular weight is 335 g/mol. The predicted molar refractivity (Wildman–Crippen MR) is 62.6 cm³/mol. The van der Waals surface area contributed by atoms with Crippen LogP contribution in [0.5, 0.6) is 0 Å². The molecule has 1 N–H and O–H groups in total. The molecule has 21 heavy (non-hydrogen) atoms. The minimum atomic E-state index is -5.24. The van der Waals surface area contributed by atoms with Crippen LogP contribution in [0, 0.1) is 12.7 Å². The Morgan fingerprint density at radius 2 is 1.81 bits per heavy atom. The van der Waals surface area contributed by atoms with Crippen LogP contribution in [0.25, 0.3) is 0 Å². The Bertz CT molecular complexity index is 532. The van der Waals surface area contributed by atoms with Gasteiger partial charge in [0.05, 0.1) is 5.69 Å². The number of anilines is 1. The summed E-state index contributed by atoms with van der Waals surface area (Å²) < 4.78 is 86.8. The highest BCUT2D eigenvalue weighted by Crippen LogP contribution is 2.34. The molecule has 1 aromatic carbocycles. The molecule has 0 aliphatic rings. The summed E-state index contributed by atoms with van der Waals surface area (Å²) in [5, 5.41) is 1.26. The highest BCUT2D eigenvalue weighted by Gasteiger charge is 2.39. The molecule has 0 bridgehead atoms. The zero-order chi connectivity index (χ0) is 16.4. The minimum Gasteiger partial charge on any atom is -0.316 e. The van der Waals surface area contributed by atoms with Crippen LogP contribution in [0.4, 0.5) is 36.4 Å². The van der Waals surface area contributed by atoms with Crippen molar-refractivity contribution in [1.29, 1.82) is 0 Å². The van der Waals surface area contributed by atoms with E-state index in [2.05, 4.69) is 0 Å². The van der Waals surface area contributed by atoms with Gasteiger partial charge in [0, 0.05) is 4.90 Å². The molecule has 2 nitrogen and oxygen atoms in total. The van der Waals surface area contributed by atoms with Crippen LogP contribution in [0.2, 0.25) is 0 Å². The van der Waals surface area contributed by atoms with Gasteiger partial charge in [0.15, 0.2) is 0 Å². The fourth-order valence-electron chi connectivity index (χ4n) is 1.24. The second-order valence-electron chi connectivity index (χ2n) is 3.85. The Morgan fingerprint density at radius 3 is 2.29 bits per heavy atom. The van der Waals surface area contributed by atoms with Gasteiger partial charge in [-0.25, -0.2) is 17.6 Å². The van der Waals surface area contributed by atoms with E-state index in [0.29, 0.717) is 12.1 Å². The van der Waals surface area contributed by atoms with E-state index in [9.17, 15) is 35.5 Å². The van der Waals surface area contributed by atoms with Gasteiger partial charge in [-0.15, -0.1) is 0 Å². The first-order valence-electron chi connectivity index (χ1n) is 5.29. The van der Waals surface area contributed by atoms with Gasteiger partial charge in [0.25, 0.3) is 6.43 Å². The average Bonchev–Trinajstić information content (AvgIpc) is 2.33. The number of nitrogens with one attached hydrogen (secondary N) is 1. The Hall–Kier alpha value is -1.45. The van der Waals surface area contributed by atoms with Crippen molar-refractivity contribution in [2.75, 3.05) is 5.32 Å². The number of hydrogen-bond donors (Lipinski definition) is 1. The van der Waals surface area contributed by atoms with Crippen molar-refractivity contribution in [2.24, 2.45) is 0 Å². The summed E-state index contributed by atoms with van der Waals surface area (Å²) in [4.78, 5) is 10.5. The number of rotatable bonds is 4. The lowest BCUT2D eigenvalue weighted by atomic mass is 10.2. The molecule has 1 aromatic rings. The molecule has 0 saturated heterocycles. The molecular formula is C11H8F7NOS. The maximum absolute atomic E-state index is 13.4. The number of hydrogen-bond acceptors (Lipinski definition) is 2. The molecule has 0 aliphatic heterocycles. The number of halogens is 7. The summed E-state index contributed by atoms with van der Waals surface area (Å²) in [6, 6.07) is 1.39. The van der Waals surface area contributed by atoms with Crippen molar-refractivity contribution in [3.63, 3.8) is 0 Å². The molecule has 1 amide bonds. The molecule has 1 unspecified atom stereocenters. The minimum absolute atomic E-state index is 0.0199. The highest BCUT2D eigenvalue weighted by molar-refractivity contribution is 7.99. The number of carbonyl (C=O) groups is 1. The zero-order valence-electron chi connectivity index (χ0n) is 10.3. The number of amides is 1. The lowest BCUT2D eigenvalue weighted by Gasteiger charge is -2.13. The van der Waals surface area contributed by atoms with Crippen molar-refractivity contribution in [3.8, 4) is 0 Å². The zero-order valence-corrected chi connectivity index (χ0v) is 11.1. The van der Waals surface area contributed by atoms with Gasteiger partial charge in [-0.1, -0.05) is 11.8 Å². The largest absolute Gasteiger partial charge is 0.471 e. The molecule has 0 radical (unpaired) electrons. The van der Waals surface area contributed by atoms with E-state index in [1.165, 1.54) is 12.2 Å². The maximum Gasteiger partial charge on any atom is 0.471 e. The molecule has 1 rings (SSSR count). The Kier molecular flexibility index (Phi) is 5.48. The summed E-state index contributed by atoms with van der Waals surface area (Å²) in [7, 11) is 0. The Balaban J connectivity index is 3.04. The van der Waals surface area contributed by atoms with Crippen molar-refractivity contribution in [3.05, 3.63) is 23.5 Å². The van der Waals surface area contributed by atoms with Crippen molar-refractivity contribution < 1.29 is 35.5 Å². The Labute approximate surface area is 118 Å². The molecule has 0 heterocycles. The molecule has 0 saturated carbocycles. The van der Waals surface area contributed by atoms with Gasteiger partial charge in [0.2, 0.25) is 5.50 Å². The summed E-state index contributed by atoms with van der Waals surface area (Å²) in [6.45, 7) is 1.26. The quantitative estimate of drug-likeness (QED) is 0.657. The summed E-state index contributed by atoms with van der Waals surface area (Å²) >= 11 is 0.0199. The second-order valence-corrected chi connectivity index (χ2v) is 4.98. The molecule has 0 aliphatic carbocycles. The molecule has 0 fully saturated rings. The summed E-state index contributed by atoms with van der Waals surface area (Å²) in [5.41, 5.74) is -3.45. The van der Waals surface area contributed by atoms with E-state index in [1.807, 2.05) is 0 Å². The number of thioether (sulfide) groups is 1. The lowest BCUT2D eigenvalue weighted by molar-refractivity contribution is -0.167. The van der Waals surface area contributed by atoms with Gasteiger partial charge in [0.1, 0.15) is 5.82 Å². The second kappa shape index (κ2) is 6.54. The lowest BCUT2D eigenvalue weighted by Crippen LogP contribution is -2.30. The first-order valence-corrected chi connectivity index (χ1v) is 6.17. The molecule has 0 aromatic heterocycles. The topological polar surface area (TPSA) is 29.1 Å². The van der Waals surface area contributed by atoms with E-state index in [-0.39, 0.29) is 22.2 Å². The van der Waals surface area contributed by atoms with Gasteiger partial charge in [-0.2, -0.15) is 13.2 Å². The molecule has 0 spiro atoms. The third-order valence-electron chi connectivity index (χ3n) is 2.21. The van der Waals surface area contributed by atoms with E-state index < -0.39 is 35.5 Å². The fraction of sp³-hybridized carbons (Fsp3) is 0.364. The fourth-order valence-corrected chi connectivity index (χ4v) is 2.02. The SMILES string of the molecule is Cc1cc(F)c(NC(=O)C(F)(F)F)cc1SC(F)C(F)F. The normalized spacial score (nSPS) is 13.4. The van der Waals surface area contributed by atoms with Crippen LogP contribution in [0.1, 0.15) is 5.56 Å². The standard InChI is InChI=1S/C11H8F7NOS/c1-4-2-5(12)6(19-10(20)11(16,17)18)3-7(4)21-9(15)8(13)14/h2-3,8-9H,1H3,(H,19,20). The molecular weight excluding hydrogens is 327 g/mol. The Morgan fingerprint density at radius 1 is 1.24 bits per heavy atom. The van der Waals surface area contributed by atoms with Gasteiger partial charge < -0.3 is 5.32 Å². The van der Waals surface area contributed by atoms with E-state index in [4.69, 9.17) is 0 Å². The first-order chi connectivity index (χ1) is 9.52. The first kappa shape index (κ1) is 17.6. The van der Waals surface area contributed by atoms with Gasteiger partial charge in [-0.3, -0.25) is 4.79 Å². The maximum atomic E-state index is 13.4. The number of alkyl halides is 6. The number of benzene rings is 1. The highest BCUT2D eigenvalue weighted by atomic mass is 32.2. The van der Waals surface area contributed by atoms with E-state index in [0.717, 1.165) is 0 Å². The third-order valence-corrected chi connectivity index (χ3v) is 3.33. The van der Waals surface area contributed by atoms with Crippen molar-refractivity contribution in [2.45, 2.75) is 29.9 Å². The molecule has 10 heteroatoms. The predicted octanol–water partition coefficient (Wildman–Crippen LogP) is 4.29. The third kappa shape index (κ3) is 4.80. The van der Waals surface area contributed by atoms with E-state index in [1.54, 1.807) is 0 Å². The van der Waals surface area contributed by atoms with Crippen LogP contribution in [0.15, 0.2) is 17.0 Å². The van der Waals surface area contributed by atoms with Crippen LogP contribution < -0.4 is 5.32 Å². The van der Waals surface area contributed by atoms with Crippen LogP contribution in [-0.4, -0.2) is 24.0 Å². The van der Waals surface area contributed by atoms with Crippen LogP contribution in [0.3, 0.4) is 0 Å². The molecule has 1 atom stereocenters. The molecule has 118 valence electrons. The van der Waals surface area contributed by atoms with Gasteiger partial charge >= 0.3 is 12.1 Å². The summed E-state index contributed by atoms with van der Waals surface area (Å²) in [6.07, 6.45) is -8.55. The van der Waals surface area contributed by atoms with Crippen molar-refractivity contribution in [1.82, 2.24) is 0 Å². The smallest absolute Gasteiger partial charge is 0.316 e.